The first-order chi connectivity index (χ1) is 9.98. The Morgan fingerprint density at radius 3 is 2.48 bits per heavy atom. The van der Waals surface area contributed by atoms with E-state index in [2.05, 4.69) is 4.72 Å². The zero-order chi connectivity index (χ0) is 15.3. The van der Waals surface area contributed by atoms with Gasteiger partial charge in [-0.1, -0.05) is 35.9 Å². The molecule has 0 radical (unpaired) electrons. The SMILES string of the molecule is COCc1cccc(NS(=O)(=O)Cc2ccc(Cl)cc2)c1. The molecule has 0 spiro atoms. The summed E-state index contributed by atoms with van der Waals surface area (Å²) in [5, 5.41) is 0.580. The molecule has 0 saturated heterocycles. The second kappa shape index (κ2) is 6.93. The topological polar surface area (TPSA) is 55.4 Å². The molecule has 0 aliphatic carbocycles. The number of ether oxygens (including phenoxy) is 1. The Morgan fingerprint density at radius 2 is 1.81 bits per heavy atom. The number of methoxy groups -OCH3 is 1. The van der Waals surface area contributed by atoms with Crippen LogP contribution in [0.1, 0.15) is 11.1 Å². The molecule has 0 aromatic heterocycles. The quantitative estimate of drug-likeness (QED) is 0.885. The van der Waals surface area contributed by atoms with Gasteiger partial charge in [0.15, 0.2) is 0 Å². The summed E-state index contributed by atoms with van der Waals surface area (Å²) in [5.74, 6) is -0.0985. The maximum atomic E-state index is 12.1. The summed E-state index contributed by atoms with van der Waals surface area (Å²) in [4.78, 5) is 0. The highest BCUT2D eigenvalue weighted by molar-refractivity contribution is 7.91. The minimum atomic E-state index is -3.47. The van der Waals surface area contributed by atoms with Crippen molar-refractivity contribution in [3.63, 3.8) is 0 Å². The molecule has 4 nitrogen and oxygen atoms in total. The van der Waals surface area contributed by atoms with Crippen molar-refractivity contribution in [2.75, 3.05) is 11.8 Å². The number of rotatable bonds is 6. The Hall–Kier alpha value is -1.56. The summed E-state index contributed by atoms with van der Waals surface area (Å²) in [6.07, 6.45) is 0. The van der Waals surface area contributed by atoms with Crippen molar-refractivity contribution in [2.24, 2.45) is 0 Å². The molecule has 1 N–H and O–H groups in total. The van der Waals surface area contributed by atoms with Crippen LogP contribution in [-0.2, 0) is 27.1 Å². The predicted octanol–water partition coefficient (Wildman–Crippen LogP) is 3.43. The number of halogens is 1. The van der Waals surface area contributed by atoms with Gasteiger partial charge in [-0.2, -0.15) is 0 Å². The van der Waals surface area contributed by atoms with Crippen LogP contribution in [0.25, 0.3) is 0 Å². The van der Waals surface area contributed by atoms with Gasteiger partial charge in [0.25, 0.3) is 0 Å². The highest BCUT2D eigenvalue weighted by Gasteiger charge is 2.12. The maximum Gasteiger partial charge on any atom is 0.236 e. The molecule has 0 heterocycles. The van der Waals surface area contributed by atoms with E-state index < -0.39 is 10.0 Å². The van der Waals surface area contributed by atoms with Gasteiger partial charge in [0.05, 0.1) is 12.4 Å². The van der Waals surface area contributed by atoms with Crippen LogP contribution in [0.2, 0.25) is 5.02 Å². The van der Waals surface area contributed by atoms with Crippen molar-refractivity contribution < 1.29 is 13.2 Å². The molecule has 2 aromatic carbocycles. The number of benzene rings is 2. The number of anilines is 1. The van der Waals surface area contributed by atoms with Gasteiger partial charge in [-0.3, -0.25) is 4.72 Å². The summed E-state index contributed by atoms with van der Waals surface area (Å²) in [6.45, 7) is 0.437. The van der Waals surface area contributed by atoms with Crippen LogP contribution in [0.3, 0.4) is 0 Å². The Kier molecular flexibility index (Phi) is 5.22. The van der Waals surface area contributed by atoms with E-state index in [1.165, 1.54) is 0 Å². The normalized spacial score (nSPS) is 11.3. The minimum Gasteiger partial charge on any atom is -0.380 e. The van der Waals surface area contributed by atoms with E-state index >= 15 is 0 Å². The van der Waals surface area contributed by atoms with Gasteiger partial charge >= 0.3 is 0 Å². The van der Waals surface area contributed by atoms with Crippen LogP contribution in [0, 0.1) is 0 Å². The van der Waals surface area contributed by atoms with Crippen LogP contribution >= 0.6 is 11.6 Å². The van der Waals surface area contributed by atoms with E-state index in [1.807, 2.05) is 6.07 Å². The smallest absolute Gasteiger partial charge is 0.236 e. The van der Waals surface area contributed by atoms with Gasteiger partial charge in [-0.05, 0) is 35.4 Å². The fraction of sp³-hybridized carbons (Fsp3) is 0.200. The van der Waals surface area contributed by atoms with E-state index in [-0.39, 0.29) is 5.75 Å². The average molecular weight is 326 g/mol. The molecule has 0 aliphatic rings. The molecule has 2 rings (SSSR count). The van der Waals surface area contributed by atoms with Gasteiger partial charge in [-0.25, -0.2) is 8.42 Å². The first-order valence-electron chi connectivity index (χ1n) is 6.31. The fourth-order valence-electron chi connectivity index (χ4n) is 1.91. The second-order valence-electron chi connectivity index (χ2n) is 4.62. The lowest BCUT2D eigenvalue weighted by molar-refractivity contribution is 0.185. The van der Waals surface area contributed by atoms with Crippen molar-refractivity contribution in [1.82, 2.24) is 0 Å². The molecular weight excluding hydrogens is 310 g/mol. The third kappa shape index (κ3) is 5.04. The number of hydrogen-bond donors (Lipinski definition) is 1. The van der Waals surface area contributed by atoms with Crippen LogP contribution < -0.4 is 4.72 Å². The van der Waals surface area contributed by atoms with Crippen molar-refractivity contribution >= 4 is 27.3 Å². The van der Waals surface area contributed by atoms with Crippen molar-refractivity contribution in [1.29, 1.82) is 0 Å². The Balaban J connectivity index is 2.10. The molecular formula is C15H16ClNO3S. The molecule has 0 saturated carbocycles. The van der Waals surface area contributed by atoms with Crippen molar-refractivity contribution in [3.8, 4) is 0 Å². The first kappa shape index (κ1) is 15.8. The highest BCUT2D eigenvalue weighted by atomic mass is 35.5. The van der Waals surface area contributed by atoms with E-state index in [0.717, 1.165) is 5.56 Å². The lowest BCUT2D eigenvalue weighted by Gasteiger charge is -2.09. The third-order valence-corrected chi connectivity index (χ3v) is 4.29. The predicted molar refractivity (Wildman–Crippen MR) is 84.9 cm³/mol. The molecule has 0 aliphatic heterocycles. The number of hydrogen-bond acceptors (Lipinski definition) is 3. The summed E-state index contributed by atoms with van der Waals surface area (Å²) in [6, 6.07) is 13.9. The van der Waals surface area contributed by atoms with Crippen molar-refractivity contribution in [2.45, 2.75) is 12.4 Å². The summed E-state index contributed by atoms with van der Waals surface area (Å²) < 4.78 is 31.9. The molecule has 2 aromatic rings. The van der Waals surface area contributed by atoms with E-state index in [0.29, 0.717) is 22.9 Å². The summed E-state index contributed by atoms with van der Waals surface area (Å²) >= 11 is 5.78. The Bertz CT molecular complexity index is 699. The van der Waals surface area contributed by atoms with Crippen LogP contribution in [-0.4, -0.2) is 15.5 Å². The average Bonchev–Trinajstić information content (AvgIpc) is 2.41. The molecule has 21 heavy (non-hydrogen) atoms. The zero-order valence-corrected chi connectivity index (χ0v) is 13.1. The first-order valence-corrected chi connectivity index (χ1v) is 8.34. The van der Waals surface area contributed by atoms with Crippen LogP contribution in [0.4, 0.5) is 5.69 Å². The zero-order valence-electron chi connectivity index (χ0n) is 11.5. The van der Waals surface area contributed by atoms with Gasteiger partial charge in [0.2, 0.25) is 10.0 Å². The number of sulfonamides is 1. The minimum absolute atomic E-state index is 0.0985. The molecule has 0 atom stereocenters. The van der Waals surface area contributed by atoms with Crippen LogP contribution in [0.5, 0.6) is 0 Å². The molecule has 0 unspecified atom stereocenters. The van der Waals surface area contributed by atoms with E-state index in [4.69, 9.17) is 16.3 Å². The van der Waals surface area contributed by atoms with E-state index in [1.54, 1.807) is 49.6 Å². The van der Waals surface area contributed by atoms with Gasteiger partial charge < -0.3 is 4.74 Å². The molecule has 0 fully saturated rings. The van der Waals surface area contributed by atoms with Crippen LogP contribution in [0.15, 0.2) is 48.5 Å². The molecule has 0 bridgehead atoms. The summed E-state index contributed by atoms with van der Waals surface area (Å²) in [5.41, 5.74) is 2.11. The van der Waals surface area contributed by atoms with Crippen molar-refractivity contribution in [3.05, 3.63) is 64.7 Å². The third-order valence-electron chi connectivity index (χ3n) is 2.78. The Labute approximate surface area is 129 Å². The Morgan fingerprint density at radius 1 is 1.10 bits per heavy atom. The van der Waals surface area contributed by atoms with Gasteiger partial charge in [0.1, 0.15) is 0 Å². The number of nitrogens with one attached hydrogen (secondary N) is 1. The lowest BCUT2D eigenvalue weighted by atomic mass is 10.2. The van der Waals surface area contributed by atoms with Gasteiger partial charge in [-0.15, -0.1) is 0 Å². The van der Waals surface area contributed by atoms with E-state index in [9.17, 15) is 8.42 Å². The lowest BCUT2D eigenvalue weighted by Crippen LogP contribution is -2.15. The maximum absolute atomic E-state index is 12.1. The summed E-state index contributed by atoms with van der Waals surface area (Å²) in [7, 11) is -1.87. The molecule has 112 valence electrons. The van der Waals surface area contributed by atoms with Gasteiger partial charge in [0, 0.05) is 17.8 Å². The largest absolute Gasteiger partial charge is 0.380 e. The fourth-order valence-corrected chi connectivity index (χ4v) is 3.22. The highest BCUT2D eigenvalue weighted by Crippen LogP contribution is 2.16. The molecule has 0 amide bonds. The monoisotopic (exact) mass is 325 g/mol. The molecule has 6 heteroatoms. The standard InChI is InChI=1S/C15H16ClNO3S/c1-20-10-13-3-2-4-15(9-13)17-21(18,19)11-12-5-7-14(16)8-6-12/h2-9,17H,10-11H2,1H3. The second-order valence-corrected chi connectivity index (χ2v) is 6.78.